The first-order chi connectivity index (χ1) is 37.9. The molecule has 1 aliphatic carbocycles. The summed E-state index contributed by atoms with van der Waals surface area (Å²) in [5, 5.41) is 21.3. The lowest BCUT2D eigenvalue weighted by Crippen LogP contribution is -2.56. The third kappa shape index (κ3) is 15.6. The van der Waals surface area contributed by atoms with Gasteiger partial charge in [-0.3, -0.25) is 43.4 Å². The fourth-order valence-corrected chi connectivity index (χ4v) is 11.3. The lowest BCUT2D eigenvalue weighted by molar-refractivity contribution is -0.164. The summed E-state index contributed by atoms with van der Waals surface area (Å²) in [6, 6.07) is 11.8. The van der Waals surface area contributed by atoms with Crippen LogP contribution in [0.4, 0.5) is 15.9 Å². The first kappa shape index (κ1) is 58.4. The fourth-order valence-electron chi connectivity index (χ4n) is 11.1. The Balaban J connectivity index is 0.717. The van der Waals surface area contributed by atoms with Crippen molar-refractivity contribution >= 4 is 64.6 Å². The lowest BCUT2D eigenvalue weighted by Gasteiger charge is -2.39. The number of anilines is 2. The highest BCUT2D eigenvalue weighted by Gasteiger charge is 2.48. The number of amides is 5. The Morgan fingerprint density at radius 3 is 2.03 bits per heavy atom. The van der Waals surface area contributed by atoms with Crippen LogP contribution in [0.15, 0.2) is 42.5 Å². The van der Waals surface area contributed by atoms with E-state index in [1.165, 1.54) is 6.07 Å². The minimum absolute atomic E-state index is 0.00626. The van der Waals surface area contributed by atoms with Gasteiger partial charge in [-0.15, -0.1) is 10.2 Å². The Morgan fingerprint density at radius 1 is 0.759 bits per heavy atom. The standard InChI is InChI=1S/C58H73ClFN9O10/c1-58(2,3)79-53(72)13-11-9-7-5-4-6-8-10-12-52(71)77-37-68-51(70)23-21-48(57(68)76)69-55(74)43-33-46(60)49(34-44(43)56(69)75)66-30-28-65(29-31-66)36-38-24-26-67(27-25-38)50-22-20-47(63-64-50)54(73)62-40-15-18-41(19-16-40)78-42-17-14-39(35-61)45(59)32-42/h14,17,20,22,32-34,38,40-41,48H,4-13,15-16,18-19,21,23-31,36-37H2,1-3H3,(H,62,73). The molecule has 3 aromatic rings. The predicted octanol–water partition coefficient (Wildman–Crippen LogP) is 8.16. The minimum Gasteiger partial charge on any atom is -0.490 e. The molecule has 0 bridgehead atoms. The zero-order chi connectivity index (χ0) is 56.2. The lowest BCUT2D eigenvalue weighted by atomic mass is 9.93. The van der Waals surface area contributed by atoms with E-state index in [4.69, 9.17) is 31.1 Å². The SMILES string of the molecule is CC(C)(C)OC(=O)CCCCCCCCCCC(=O)OCN1C(=O)CCC(N2C(=O)c3cc(F)c(N4CCN(CC5CCN(c6ccc(C(=O)NC7CCC(Oc8ccc(C#N)c(Cl)c8)CC7)nn6)CC5)CC4)cc3C2=O)C1=O. The summed E-state index contributed by atoms with van der Waals surface area (Å²) in [5.41, 5.74) is 0.233. The van der Waals surface area contributed by atoms with E-state index in [0.717, 1.165) is 125 Å². The summed E-state index contributed by atoms with van der Waals surface area (Å²) in [6.45, 7) is 9.70. The van der Waals surface area contributed by atoms with E-state index in [2.05, 4.69) is 25.3 Å². The molecule has 3 saturated heterocycles. The number of hydrogen-bond acceptors (Lipinski definition) is 16. The van der Waals surface area contributed by atoms with Crippen molar-refractivity contribution in [2.75, 3.05) is 62.3 Å². The highest BCUT2D eigenvalue weighted by molar-refractivity contribution is 6.31. The Bertz CT molecular complexity index is 2750. The number of nitriles is 1. The van der Waals surface area contributed by atoms with Gasteiger partial charge in [-0.25, -0.2) is 9.29 Å². The van der Waals surface area contributed by atoms with E-state index in [1.54, 1.807) is 24.3 Å². The van der Waals surface area contributed by atoms with Gasteiger partial charge in [0, 0.05) is 77.2 Å². The molecule has 4 aliphatic heterocycles. The summed E-state index contributed by atoms with van der Waals surface area (Å²) in [5.74, 6) is -2.85. The van der Waals surface area contributed by atoms with Crippen molar-refractivity contribution in [3.05, 3.63) is 75.7 Å². The van der Waals surface area contributed by atoms with Crippen LogP contribution >= 0.6 is 11.6 Å². The molecule has 424 valence electrons. The third-order valence-electron chi connectivity index (χ3n) is 15.5. The van der Waals surface area contributed by atoms with Gasteiger partial charge in [-0.2, -0.15) is 5.26 Å². The molecule has 8 rings (SSSR count). The van der Waals surface area contributed by atoms with Gasteiger partial charge >= 0.3 is 11.9 Å². The second kappa shape index (κ2) is 27.0. The number of esters is 2. The Kier molecular flexibility index (Phi) is 19.9. The summed E-state index contributed by atoms with van der Waals surface area (Å²) in [4.78, 5) is 99.7. The average molecular weight is 1110 g/mol. The number of nitrogens with zero attached hydrogens (tertiary/aromatic N) is 8. The van der Waals surface area contributed by atoms with Gasteiger partial charge in [0.25, 0.3) is 23.6 Å². The molecule has 0 spiro atoms. The first-order valence-corrected chi connectivity index (χ1v) is 28.5. The number of fused-ring (bicyclic) bond motifs is 1. The largest absolute Gasteiger partial charge is 0.490 e. The zero-order valence-corrected chi connectivity index (χ0v) is 46.4. The number of aromatic nitrogens is 2. The van der Waals surface area contributed by atoms with E-state index >= 15 is 4.39 Å². The van der Waals surface area contributed by atoms with Crippen LogP contribution < -0.4 is 19.9 Å². The van der Waals surface area contributed by atoms with Crippen molar-refractivity contribution in [2.24, 2.45) is 5.92 Å². The maximum atomic E-state index is 15.9. The van der Waals surface area contributed by atoms with Crippen LogP contribution in [0.3, 0.4) is 0 Å². The van der Waals surface area contributed by atoms with Gasteiger partial charge in [0.05, 0.1) is 33.5 Å². The van der Waals surface area contributed by atoms with Gasteiger partial charge in [0.2, 0.25) is 5.91 Å². The molecule has 79 heavy (non-hydrogen) atoms. The van der Waals surface area contributed by atoms with Crippen LogP contribution in [0.5, 0.6) is 5.75 Å². The van der Waals surface area contributed by atoms with E-state index in [1.807, 2.05) is 37.8 Å². The molecule has 4 fully saturated rings. The number of hydrogen-bond donors (Lipinski definition) is 1. The van der Waals surface area contributed by atoms with Crippen molar-refractivity contribution in [3.63, 3.8) is 0 Å². The van der Waals surface area contributed by atoms with Gasteiger partial charge in [0.15, 0.2) is 18.2 Å². The molecular formula is C58H73ClFN9O10. The van der Waals surface area contributed by atoms with Crippen molar-refractivity contribution in [1.82, 2.24) is 30.2 Å². The van der Waals surface area contributed by atoms with Gasteiger partial charge in [0.1, 0.15) is 29.3 Å². The van der Waals surface area contributed by atoms with Crippen molar-refractivity contribution in [2.45, 2.75) is 160 Å². The van der Waals surface area contributed by atoms with Gasteiger partial charge in [-0.1, -0.05) is 50.1 Å². The van der Waals surface area contributed by atoms with Gasteiger partial charge < -0.3 is 29.3 Å². The smallest absolute Gasteiger partial charge is 0.307 e. The summed E-state index contributed by atoms with van der Waals surface area (Å²) < 4.78 is 32.6. The molecule has 2 aromatic carbocycles. The summed E-state index contributed by atoms with van der Waals surface area (Å²) >= 11 is 6.16. The predicted molar refractivity (Wildman–Crippen MR) is 291 cm³/mol. The topological polar surface area (TPSA) is 225 Å². The first-order valence-electron chi connectivity index (χ1n) is 28.1. The Labute approximate surface area is 466 Å². The number of halogens is 2. The number of carbonyl (C=O) groups is 7. The Morgan fingerprint density at radius 2 is 1.41 bits per heavy atom. The molecule has 1 unspecified atom stereocenters. The van der Waals surface area contributed by atoms with Crippen LogP contribution in [0.25, 0.3) is 0 Å². The van der Waals surface area contributed by atoms with Crippen LogP contribution in [0.2, 0.25) is 5.02 Å². The van der Waals surface area contributed by atoms with E-state index in [0.29, 0.717) is 61.3 Å². The second-order valence-corrected chi connectivity index (χ2v) is 22.8. The average Bonchev–Trinajstić information content (AvgIpc) is 3.96. The molecule has 1 saturated carbocycles. The third-order valence-corrected chi connectivity index (χ3v) is 15.8. The number of piperidine rings is 2. The number of carbonyl (C=O) groups excluding carboxylic acids is 7. The molecule has 5 amide bonds. The minimum atomic E-state index is -1.32. The number of piperazine rings is 1. The normalized spacial score (nSPS) is 20.3. The molecule has 5 aliphatic rings. The Hall–Kier alpha value is -6.72. The maximum Gasteiger partial charge on any atom is 0.307 e. The molecule has 19 nitrogen and oxygen atoms in total. The fraction of sp³-hybridized carbons (Fsp3) is 0.586. The number of likely N-dealkylation sites (tertiary alicyclic amines) is 1. The number of unbranched alkanes of at least 4 members (excludes halogenated alkanes) is 7. The maximum absolute atomic E-state index is 15.9. The van der Waals surface area contributed by atoms with Crippen molar-refractivity contribution in [1.29, 1.82) is 5.26 Å². The number of imide groups is 2. The number of rotatable bonds is 22. The molecule has 1 atom stereocenters. The molecule has 1 aromatic heterocycles. The van der Waals surface area contributed by atoms with Crippen LogP contribution in [-0.4, -0.2) is 143 Å². The second-order valence-electron chi connectivity index (χ2n) is 22.4. The molecule has 1 N–H and O–H groups in total. The molecule has 21 heteroatoms. The van der Waals surface area contributed by atoms with Crippen LogP contribution in [-0.2, 0) is 28.7 Å². The zero-order valence-electron chi connectivity index (χ0n) is 45.7. The van der Waals surface area contributed by atoms with Gasteiger partial charge in [-0.05, 0) is 121 Å². The number of benzene rings is 2. The highest BCUT2D eigenvalue weighted by Crippen LogP contribution is 2.35. The van der Waals surface area contributed by atoms with E-state index in [-0.39, 0.29) is 65.8 Å². The monoisotopic (exact) mass is 1110 g/mol. The number of ether oxygens (including phenoxy) is 3. The summed E-state index contributed by atoms with van der Waals surface area (Å²) in [7, 11) is 0. The van der Waals surface area contributed by atoms with E-state index < -0.39 is 53.8 Å². The van der Waals surface area contributed by atoms with E-state index in [9.17, 15) is 33.6 Å². The van der Waals surface area contributed by atoms with Crippen LogP contribution in [0, 0.1) is 23.1 Å². The number of nitrogens with one attached hydrogen (secondary N) is 1. The molecule has 0 radical (unpaired) electrons. The quantitative estimate of drug-likeness (QED) is 0.0569. The molecular weight excluding hydrogens is 1040 g/mol. The van der Waals surface area contributed by atoms with Crippen molar-refractivity contribution < 1.29 is 52.2 Å². The molecule has 5 heterocycles. The van der Waals surface area contributed by atoms with Crippen molar-refractivity contribution in [3.8, 4) is 11.8 Å². The highest BCUT2D eigenvalue weighted by atomic mass is 35.5. The van der Waals surface area contributed by atoms with Crippen LogP contribution in [0.1, 0.15) is 173 Å². The summed E-state index contributed by atoms with van der Waals surface area (Å²) in [6.07, 6.45) is 12.2.